The van der Waals surface area contributed by atoms with Gasteiger partial charge < -0.3 is 5.32 Å². The Morgan fingerprint density at radius 2 is 2.23 bits per heavy atom. The Morgan fingerprint density at radius 3 is 2.95 bits per heavy atom. The Labute approximate surface area is 131 Å². The molecule has 1 unspecified atom stereocenters. The minimum atomic E-state index is -0.475. The number of nitrogens with zero attached hydrogens (tertiary/aromatic N) is 2. The number of nitrogens with one attached hydrogen (secondary N) is 3. The van der Waals surface area contributed by atoms with Gasteiger partial charge in [-0.25, -0.2) is 4.79 Å². The smallest absolute Gasteiger partial charge is 0.321 e. The summed E-state index contributed by atoms with van der Waals surface area (Å²) in [6.45, 7) is 2.00. The Morgan fingerprint density at radius 1 is 1.41 bits per heavy atom. The van der Waals surface area contributed by atoms with Crippen molar-refractivity contribution in [3.8, 4) is 5.69 Å². The third kappa shape index (κ3) is 2.91. The molecular formula is C14H15N5O2S. The molecule has 2 aromatic rings. The second-order valence-corrected chi connectivity index (χ2v) is 5.63. The Kier molecular flexibility index (Phi) is 3.76. The Balaban J connectivity index is 1.91. The quantitative estimate of drug-likeness (QED) is 0.746. The molecule has 0 saturated carbocycles. The van der Waals surface area contributed by atoms with E-state index in [1.54, 1.807) is 0 Å². The topological polar surface area (TPSA) is 91.8 Å². The van der Waals surface area contributed by atoms with Crippen molar-refractivity contribution in [2.75, 3.05) is 0 Å². The highest BCUT2D eigenvalue weighted by atomic mass is 32.1. The average Bonchev–Trinajstić information content (AvgIpc) is 2.78. The fourth-order valence-electron chi connectivity index (χ4n) is 2.52. The van der Waals surface area contributed by atoms with Crippen molar-refractivity contribution in [1.82, 2.24) is 25.4 Å². The van der Waals surface area contributed by atoms with Gasteiger partial charge in [-0.1, -0.05) is 12.1 Å². The van der Waals surface area contributed by atoms with Crippen molar-refractivity contribution in [1.29, 1.82) is 0 Å². The predicted molar refractivity (Wildman–Crippen MR) is 82.3 cm³/mol. The minimum Gasteiger partial charge on any atom is -0.334 e. The highest BCUT2D eigenvalue weighted by molar-refractivity contribution is 7.71. The van der Waals surface area contributed by atoms with E-state index < -0.39 is 6.03 Å². The van der Waals surface area contributed by atoms with E-state index in [-0.39, 0.29) is 18.4 Å². The first-order valence-corrected chi connectivity index (χ1v) is 7.27. The summed E-state index contributed by atoms with van der Waals surface area (Å²) in [6, 6.07) is 7.11. The van der Waals surface area contributed by atoms with Crippen LogP contribution < -0.4 is 10.6 Å². The molecule has 0 spiro atoms. The van der Waals surface area contributed by atoms with Crippen molar-refractivity contribution < 1.29 is 9.59 Å². The number of hydrogen-bond acceptors (Lipinski definition) is 4. The van der Waals surface area contributed by atoms with Gasteiger partial charge in [0.2, 0.25) is 5.91 Å². The maximum absolute atomic E-state index is 11.5. The number of aryl methyl sites for hydroxylation is 1. The number of H-pyrrole nitrogens is 1. The van der Waals surface area contributed by atoms with E-state index in [1.807, 2.05) is 35.8 Å². The van der Waals surface area contributed by atoms with Gasteiger partial charge in [-0.05, 0) is 36.8 Å². The molecule has 114 valence electrons. The highest BCUT2D eigenvalue weighted by Crippen LogP contribution is 2.15. The molecule has 1 saturated heterocycles. The standard InChI is InChI=1S/C14H15N5O2S/c1-8-3-2-4-10(5-8)19-11(17-18-14(19)22)6-9-7-12(20)16-13(21)15-9/h2-5,9H,6-7H2,1H3,(H,18,22)(H2,15,16,20,21). The van der Waals surface area contributed by atoms with E-state index in [0.717, 1.165) is 11.3 Å². The molecule has 3 N–H and O–H groups in total. The van der Waals surface area contributed by atoms with Crippen LogP contribution in [0.1, 0.15) is 17.8 Å². The number of aromatic nitrogens is 3. The number of imide groups is 1. The number of aromatic amines is 1. The summed E-state index contributed by atoms with van der Waals surface area (Å²) < 4.78 is 2.30. The van der Waals surface area contributed by atoms with Crippen LogP contribution in [0.25, 0.3) is 5.69 Å². The van der Waals surface area contributed by atoms with Crippen LogP contribution in [0.5, 0.6) is 0 Å². The third-order valence-electron chi connectivity index (χ3n) is 3.45. The first-order chi connectivity index (χ1) is 10.5. The van der Waals surface area contributed by atoms with Gasteiger partial charge in [-0.3, -0.25) is 19.8 Å². The summed E-state index contributed by atoms with van der Waals surface area (Å²) in [5.74, 6) is 0.389. The molecule has 3 rings (SSSR count). The zero-order valence-electron chi connectivity index (χ0n) is 11.9. The zero-order chi connectivity index (χ0) is 15.7. The molecule has 0 radical (unpaired) electrons. The summed E-state index contributed by atoms with van der Waals surface area (Å²) in [5, 5.41) is 11.9. The zero-order valence-corrected chi connectivity index (χ0v) is 12.7. The van der Waals surface area contributed by atoms with Crippen molar-refractivity contribution in [3.05, 3.63) is 40.4 Å². The van der Waals surface area contributed by atoms with Gasteiger partial charge in [0.25, 0.3) is 0 Å². The lowest BCUT2D eigenvalue weighted by atomic mass is 10.1. The van der Waals surface area contributed by atoms with Gasteiger partial charge in [0, 0.05) is 24.6 Å². The molecular weight excluding hydrogens is 302 g/mol. The summed E-state index contributed by atoms with van der Waals surface area (Å²) in [5.41, 5.74) is 2.01. The second kappa shape index (κ2) is 5.72. The lowest BCUT2D eigenvalue weighted by Gasteiger charge is -2.22. The van der Waals surface area contributed by atoms with Gasteiger partial charge in [0.05, 0.1) is 0 Å². The predicted octanol–water partition coefficient (Wildman–Crippen LogP) is 1.38. The molecule has 22 heavy (non-hydrogen) atoms. The molecule has 3 amide bonds. The van der Waals surface area contributed by atoms with E-state index in [9.17, 15) is 9.59 Å². The fraction of sp³-hybridized carbons (Fsp3) is 0.286. The molecule has 1 aliphatic rings. The van der Waals surface area contributed by atoms with E-state index in [1.165, 1.54) is 0 Å². The normalized spacial score (nSPS) is 18.0. The van der Waals surface area contributed by atoms with Gasteiger partial charge >= 0.3 is 6.03 Å². The Hall–Kier alpha value is -2.48. The summed E-state index contributed by atoms with van der Waals surface area (Å²) >= 11 is 5.29. The number of benzene rings is 1. The average molecular weight is 317 g/mol. The van der Waals surface area contributed by atoms with Crippen LogP contribution >= 0.6 is 12.2 Å². The third-order valence-corrected chi connectivity index (χ3v) is 3.72. The monoisotopic (exact) mass is 317 g/mol. The maximum Gasteiger partial charge on any atom is 0.321 e. The number of carbonyl (C=O) groups is 2. The SMILES string of the molecule is Cc1cccc(-n2c(CC3CC(=O)NC(=O)N3)n[nH]c2=S)c1. The van der Waals surface area contributed by atoms with Crippen LogP contribution in [-0.2, 0) is 11.2 Å². The van der Waals surface area contributed by atoms with Gasteiger partial charge in [-0.15, -0.1) is 0 Å². The largest absolute Gasteiger partial charge is 0.334 e. The van der Waals surface area contributed by atoms with Crippen molar-refractivity contribution >= 4 is 24.2 Å². The van der Waals surface area contributed by atoms with Crippen LogP contribution in [0.3, 0.4) is 0 Å². The Bertz CT molecular complexity index is 779. The lowest BCUT2D eigenvalue weighted by molar-refractivity contribution is -0.121. The minimum absolute atomic E-state index is 0.221. The molecule has 2 heterocycles. The number of carbonyl (C=O) groups excluding carboxylic acids is 2. The summed E-state index contributed by atoms with van der Waals surface area (Å²) in [6.07, 6.45) is 0.638. The highest BCUT2D eigenvalue weighted by Gasteiger charge is 2.25. The first-order valence-electron chi connectivity index (χ1n) is 6.86. The van der Waals surface area contributed by atoms with E-state index in [2.05, 4.69) is 20.8 Å². The lowest BCUT2D eigenvalue weighted by Crippen LogP contribution is -2.53. The van der Waals surface area contributed by atoms with Crippen LogP contribution in [0.2, 0.25) is 0 Å². The van der Waals surface area contributed by atoms with E-state index in [4.69, 9.17) is 12.2 Å². The first kappa shape index (κ1) is 14.5. The van der Waals surface area contributed by atoms with Gasteiger partial charge in [0.15, 0.2) is 4.77 Å². The fourth-order valence-corrected chi connectivity index (χ4v) is 2.77. The molecule has 1 atom stereocenters. The number of rotatable bonds is 3. The summed E-state index contributed by atoms with van der Waals surface area (Å²) in [7, 11) is 0. The summed E-state index contributed by atoms with van der Waals surface area (Å²) in [4.78, 5) is 22.8. The molecule has 1 aromatic carbocycles. The number of urea groups is 1. The van der Waals surface area contributed by atoms with Gasteiger partial charge in [0.1, 0.15) is 5.82 Å². The maximum atomic E-state index is 11.5. The molecule has 1 fully saturated rings. The van der Waals surface area contributed by atoms with E-state index in [0.29, 0.717) is 17.0 Å². The molecule has 1 aromatic heterocycles. The number of hydrogen-bond donors (Lipinski definition) is 3. The molecule has 0 bridgehead atoms. The molecule has 0 aliphatic carbocycles. The van der Waals surface area contributed by atoms with Crippen LogP contribution in [0.15, 0.2) is 24.3 Å². The molecule has 8 heteroatoms. The van der Waals surface area contributed by atoms with Crippen LogP contribution in [0.4, 0.5) is 4.79 Å². The van der Waals surface area contributed by atoms with Crippen molar-refractivity contribution in [3.63, 3.8) is 0 Å². The molecule has 1 aliphatic heterocycles. The van der Waals surface area contributed by atoms with Gasteiger partial charge in [-0.2, -0.15) is 5.10 Å². The molecule has 7 nitrogen and oxygen atoms in total. The van der Waals surface area contributed by atoms with Crippen molar-refractivity contribution in [2.24, 2.45) is 0 Å². The van der Waals surface area contributed by atoms with E-state index >= 15 is 0 Å². The van der Waals surface area contributed by atoms with Crippen LogP contribution in [0, 0.1) is 11.7 Å². The van der Waals surface area contributed by atoms with Crippen LogP contribution in [-0.4, -0.2) is 32.7 Å². The second-order valence-electron chi connectivity index (χ2n) is 5.25. The van der Waals surface area contributed by atoms with Crippen molar-refractivity contribution in [2.45, 2.75) is 25.8 Å². The number of amides is 3.